The number of carbonyl (C=O) groups is 2. The van der Waals surface area contributed by atoms with Crippen molar-refractivity contribution in [2.75, 3.05) is 27.2 Å². The number of benzene rings is 1. The van der Waals surface area contributed by atoms with Crippen molar-refractivity contribution < 1.29 is 9.59 Å². The van der Waals surface area contributed by atoms with Crippen molar-refractivity contribution in [2.24, 2.45) is 0 Å². The molecule has 1 rings (SSSR count). The van der Waals surface area contributed by atoms with Gasteiger partial charge in [-0.25, -0.2) is 0 Å². The summed E-state index contributed by atoms with van der Waals surface area (Å²) in [5.41, 5.74) is 2.12. The Kier molecular flexibility index (Phi) is 6.88. The summed E-state index contributed by atoms with van der Waals surface area (Å²) in [7, 11) is 3.76. The van der Waals surface area contributed by atoms with Crippen LogP contribution in [0.1, 0.15) is 30.5 Å². The van der Waals surface area contributed by atoms with Gasteiger partial charge >= 0.3 is 0 Å². The molecule has 0 aliphatic heterocycles. The quantitative estimate of drug-likeness (QED) is 0.743. The normalized spacial score (nSPS) is 12.0. The van der Waals surface area contributed by atoms with Crippen molar-refractivity contribution in [3.8, 4) is 0 Å². The minimum absolute atomic E-state index is 0.00746. The predicted molar refractivity (Wildman–Crippen MR) is 83.9 cm³/mol. The highest BCUT2D eigenvalue weighted by atomic mass is 16.2. The van der Waals surface area contributed by atoms with Crippen molar-refractivity contribution in [2.45, 2.75) is 26.3 Å². The van der Waals surface area contributed by atoms with Crippen LogP contribution in [0.25, 0.3) is 0 Å². The molecule has 0 aliphatic rings. The van der Waals surface area contributed by atoms with E-state index in [2.05, 4.69) is 10.6 Å². The monoisotopic (exact) mass is 291 g/mol. The molecule has 0 radical (unpaired) electrons. The van der Waals surface area contributed by atoms with Gasteiger partial charge in [0.25, 0.3) is 0 Å². The molecular formula is C16H25N3O2. The van der Waals surface area contributed by atoms with E-state index >= 15 is 0 Å². The molecule has 1 atom stereocenters. The molecule has 21 heavy (non-hydrogen) atoms. The summed E-state index contributed by atoms with van der Waals surface area (Å²) >= 11 is 0. The number of aryl methyl sites for hydroxylation is 1. The molecule has 0 spiro atoms. The molecule has 0 fully saturated rings. The van der Waals surface area contributed by atoms with Gasteiger partial charge in [-0.1, -0.05) is 36.8 Å². The van der Waals surface area contributed by atoms with E-state index in [0.717, 1.165) is 5.56 Å². The minimum atomic E-state index is -0.326. The zero-order valence-electron chi connectivity index (χ0n) is 13.3. The van der Waals surface area contributed by atoms with Gasteiger partial charge in [-0.05, 0) is 26.6 Å². The molecule has 1 aromatic carbocycles. The first kappa shape index (κ1) is 17.2. The lowest BCUT2D eigenvalue weighted by molar-refractivity contribution is -0.126. The Labute approximate surface area is 126 Å². The van der Waals surface area contributed by atoms with Crippen LogP contribution in [0, 0.1) is 6.92 Å². The maximum absolute atomic E-state index is 12.3. The Balaban J connectivity index is 2.58. The molecule has 0 aromatic heterocycles. The Hall–Kier alpha value is -1.88. The van der Waals surface area contributed by atoms with Gasteiger partial charge in [0.2, 0.25) is 11.8 Å². The second-order valence-corrected chi connectivity index (χ2v) is 5.27. The van der Waals surface area contributed by atoms with Crippen LogP contribution in [0.5, 0.6) is 0 Å². The van der Waals surface area contributed by atoms with Crippen molar-refractivity contribution in [3.63, 3.8) is 0 Å². The molecule has 2 N–H and O–H groups in total. The van der Waals surface area contributed by atoms with E-state index in [1.165, 1.54) is 5.56 Å². The molecule has 0 bridgehead atoms. The van der Waals surface area contributed by atoms with Crippen LogP contribution < -0.4 is 10.6 Å². The summed E-state index contributed by atoms with van der Waals surface area (Å²) in [6, 6.07) is 7.62. The maximum atomic E-state index is 12.3. The van der Waals surface area contributed by atoms with Gasteiger partial charge in [-0.3, -0.25) is 14.5 Å². The van der Waals surface area contributed by atoms with Gasteiger partial charge in [0.15, 0.2) is 0 Å². The lowest BCUT2D eigenvalue weighted by Crippen LogP contribution is -2.40. The Bertz CT molecular complexity index is 469. The molecular weight excluding hydrogens is 266 g/mol. The van der Waals surface area contributed by atoms with Gasteiger partial charge < -0.3 is 10.6 Å². The zero-order valence-corrected chi connectivity index (χ0v) is 13.3. The number of rotatable bonds is 7. The van der Waals surface area contributed by atoms with Crippen LogP contribution in [0.3, 0.4) is 0 Å². The molecule has 0 saturated heterocycles. The molecule has 0 heterocycles. The third-order valence-corrected chi connectivity index (χ3v) is 3.23. The fourth-order valence-corrected chi connectivity index (χ4v) is 2.04. The SMILES string of the molecule is CCC(=O)NCCNC(=O)[C@@H](c1ccc(C)cc1)N(C)C. The summed E-state index contributed by atoms with van der Waals surface area (Å²) in [4.78, 5) is 25.3. The maximum Gasteiger partial charge on any atom is 0.242 e. The molecule has 1 aromatic rings. The van der Waals surface area contributed by atoms with Gasteiger partial charge in [0.05, 0.1) is 0 Å². The average Bonchev–Trinajstić information content (AvgIpc) is 2.45. The number of amides is 2. The third kappa shape index (κ3) is 5.55. The van der Waals surface area contributed by atoms with Crippen LogP contribution in [-0.2, 0) is 9.59 Å². The van der Waals surface area contributed by atoms with Gasteiger partial charge in [0, 0.05) is 19.5 Å². The van der Waals surface area contributed by atoms with Gasteiger partial charge in [0.1, 0.15) is 6.04 Å². The second kappa shape index (κ2) is 8.42. The number of nitrogens with one attached hydrogen (secondary N) is 2. The van der Waals surface area contributed by atoms with E-state index in [1.807, 2.05) is 50.2 Å². The van der Waals surface area contributed by atoms with Gasteiger partial charge in [-0.15, -0.1) is 0 Å². The first-order chi connectivity index (χ1) is 9.95. The summed E-state index contributed by atoms with van der Waals surface area (Å²) in [5.74, 6) is -0.0680. The van der Waals surface area contributed by atoms with Crippen molar-refractivity contribution >= 4 is 11.8 Å². The summed E-state index contributed by atoms with van der Waals surface area (Å²) < 4.78 is 0. The summed E-state index contributed by atoms with van der Waals surface area (Å²) in [6.07, 6.45) is 0.456. The van der Waals surface area contributed by atoms with E-state index in [-0.39, 0.29) is 17.9 Å². The van der Waals surface area contributed by atoms with E-state index in [0.29, 0.717) is 19.5 Å². The first-order valence-corrected chi connectivity index (χ1v) is 7.23. The van der Waals surface area contributed by atoms with Gasteiger partial charge in [-0.2, -0.15) is 0 Å². The van der Waals surface area contributed by atoms with Crippen molar-refractivity contribution in [1.82, 2.24) is 15.5 Å². The standard InChI is InChI=1S/C16H25N3O2/c1-5-14(20)17-10-11-18-16(21)15(19(3)4)13-8-6-12(2)7-9-13/h6-9,15H,5,10-11H2,1-4H3,(H,17,20)(H,18,21)/t15-/m1/s1. The Morgan fingerprint density at radius 1 is 1.10 bits per heavy atom. The van der Waals surface area contributed by atoms with Crippen molar-refractivity contribution in [3.05, 3.63) is 35.4 Å². The molecule has 5 nitrogen and oxygen atoms in total. The number of carbonyl (C=O) groups excluding carboxylic acids is 2. The van der Waals surface area contributed by atoms with E-state index in [9.17, 15) is 9.59 Å². The highest BCUT2D eigenvalue weighted by Crippen LogP contribution is 2.18. The van der Waals surface area contributed by atoms with E-state index < -0.39 is 0 Å². The fourth-order valence-electron chi connectivity index (χ4n) is 2.04. The largest absolute Gasteiger partial charge is 0.354 e. The van der Waals surface area contributed by atoms with Crippen LogP contribution >= 0.6 is 0 Å². The average molecular weight is 291 g/mol. The van der Waals surface area contributed by atoms with Crippen molar-refractivity contribution in [1.29, 1.82) is 0 Å². The molecule has 0 aliphatic carbocycles. The number of hydrogen-bond donors (Lipinski definition) is 2. The topological polar surface area (TPSA) is 61.4 Å². The first-order valence-electron chi connectivity index (χ1n) is 7.23. The smallest absolute Gasteiger partial charge is 0.242 e. The van der Waals surface area contributed by atoms with Crippen LogP contribution in [0.2, 0.25) is 0 Å². The van der Waals surface area contributed by atoms with E-state index in [4.69, 9.17) is 0 Å². The number of hydrogen-bond acceptors (Lipinski definition) is 3. The molecule has 0 unspecified atom stereocenters. The van der Waals surface area contributed by atoms with Crippen LogP contribution in [0.15, 0.2) is 24.3 Å². The third-order valence-electron chi connectivity index (χ3n) is 3.23. The Morgan fingerprint density at radius 3 is 2.19 bits per heavy atom. The second-order valence-electron chi connectivity index (χ2n) is 5.27. The lowest BCUT2D eigenvalue weighted by atomic mass is 10.0. The molecule has 116 valence electrons. The molecule has 0 saturated carbocycles. The van der Waals surface area contributed by atoms with E-state index in [1.54, 1.807) is 6.92 Å². The fraction of sp³-hybridized carbons (Fsp3) is 0.500. The molecule has 2 amide bonds. The predicted octanol–water partition coefficient (Wildman–Crippen LogP) is 1.24. The zero-order chi connectivity index (χ0) is 15.8. The Morgan fingerprint density at radius 2 is 1.67 bits per heavy atom. The van der Waals surface area contributed by atoms with Crippen LogP contribution in [-0.4, -0.2) is 43.9 Å². The number of likely N-dealkylation sites (N-methyl/N-ethyl adjacent to an activating group) is 1. The highest BCUT2D eigenvalue weighted by molar-refractivity contribution is 5.83. The number of nitrogens with zero attached hydrogens (tertiary/aromatic N) is 1. The van der Waals surface area contributed by atoms with Crippen LogP contribution in [0.4, 0.5) is 0 Å². The summed E-state index contributed by atoms with van der Waals surface area (Å²) in [5, 5.41) is 5.60. The minimum Gasteiger partial charge on any atom is -0.354 e. The molecule has 5 heteroatoms. The highest BCUT2D eigenvalue weighted by Gasteiger charge is 2.22. The summed E-state index contributed by atoms with van der Waals surface area (Å²) in [6.45, 7) is 4.70. The lowest BCUT2D eigenvalue weighted by Gasteiger charge is -2.24.